The number of carbonyl (C=O) groups excluding carboxylic acids is 3. The molecule has 0 unspecified atom stereocenters. The topological polar surface area (TPSA) is 118 Å². The van der Waals surface area contributed by atoms with E-state index in [2.05, 4.69) is 21.9 Å². The predicted molar refractivity (Wildman–Crippen MR) is 108 cm³/mol. The van der Waals surface area contributed by atoms with E-state index in [-0.39, 0.29) is 23.2 Å². The Bertz CT molecular complexity index is 831. The summed E-state index contributed by atoms with van der Waals surface area (Å²) in [5.74, 6) is -1.84. The molecule has 1 aromatic heterocycles. The Kier molecular flexibility index (Phi) is 7.20. The number of aromatic nitrogens is 1. The van der Waals surface area contributed by atoms with Gasteiger partial charge in [0.25, 0.3) is 0 Å². The molecule has 1 saturated heterocycles. The molecular formula is C20H25N5O3. The van der Waals surface area contributed by atoms with Gasteiger partial charge < -0.3 is 16.0 Å². The molecule has 8 nitrogen and oxygen atoms in total. The minimum Gasteiger partial charge on any atom is -0.366 e. The number of pyridine rings is 1. The summed E-state index contributed by atoms with van der Waals surface area (Å²) in [6, 6.07) is 1.12. The van der Waals surface area contributed by atoms with E-state index in [1.807, 2.05) is 6.92 Å². The van der Waals surface area contributed by atoms with Crippen molar-refractivity contribution >= 4 is 29.6 Å². The highest BCUT2D eigenvalue weighted by molar-refractivity contribution is 6.39. The van der Waals surface area contributed by atoms with Gasteiger partial charge in [-0.15, -0.1) is 0 Å². The van der Waals surface area contributed by atoms with Crippen molar-refractivity contribution in [1.82, 2.24) is 9.88 Å². The van der Waals surface area contributed by atoms with E-state index < -0.39 is 17.7 Å². The van der Waals surface area contributed by atoms with Crippen molar-refractivity contribution in [3.8, 4) is 0 Å². The monoisotopic (exact) mass is 383 g/mol. The molecular weight excluding hydrogens is 358 g/mol. The van der Waals surface area contributed by atoms with Crippen LogP contribution in [0.1, 0.15) is 30.1 Å². The first-order valence-corrected chi connectivity index (χ1v) is 8.98. The second kappa shape index (κ2) is 9.59. The number of nitrogens with one attached hydrogen (secondary N) is 1. The van der Waals surface area contributed by atoms with Crippen LogP contribution in [0, 0.1) is 5.92 Å². The third-order valence-electron chi connectivity index (χ3n) is 4.53. The lowest BCUT2D eigenvalue weighted by Crippen LogP contribution is -2.50. The lowest BCUT2D eigenvalue weighted by molar-refractivity contribution is -0.145. The first-order chi connectivity index (χ1) is 13.3. The van der Waals surface area contributed by atoms with Crippen molar-refractivity contribution in [3.63, 3.8) is 0 Å². The van der Waals surface area contributed by atoms with Crippen LogP contribution < -0.4 is 11.1 Å². The minimum absolute atomic E-state index is 0.144. The van der Waals surface area contributed by atoms with Crippen LogP contribution in [0.25, 0.3) is 0 Å². The van der Waals surface area contributed by atoms with Gasteiger partial charge in [0.05, 0.1) is 23.5 Å². The number of likely N-dealkylation sites (tertiary alicyclic amines) is 1. The van der Waals surface area contributed by atoms with E-state index in [1.165, 1.54) is 18.5 Å². The van der Waals surface area contributed by atoms with Gasteiger partial charge in [-0.25, -0.2) is 0 Å². The number of amides is 3. The summed E-state index contributed by atoms with van der Waals surface area (Å²) >= 11 is 0. The Hall–Kier alpha value is -3.29. The van der Waals surface area contributed by atoms with Crippen LogP contribution in [-0.4, -0.2) is 53.5 Å². The second-order valence-corrected chi connectivity index (χ2v) is 6.78. The number of nitrogens with two attached hydrogens (primary N) is 1. The Morgan fingerprint density at radius 3 is 2.79 bits per heavy atom. The van der Waals surface area contributed by atoms with Crippen LogP contribution in [0.3, 0.4) is 0 Å². The highest BCUT2D eigenvalue weighted by atomic mass is 16.2. The summed E-state index contributed by atoms with van der Waals surface area (Å²) in [6.45, 7) is 6.55. The van der Waals surface area contributed by atoms with Crippen LogP contribution in [0.5, 0.6) is 0 Å². The summed E-state index contributed by atoms with van der Waals surface area (Å²) in [7, 11) is 1.66. The molecule has 1 aromatic rings. The first kappa shape index (κ1) is 21.0. The molecule has 2 atom stereocenters. The number of rotatable bonds is 5. The van der Waals surface area contributed by atoms with Crippen LogP contribution >= 0.6 is 0 Å². The smallest absolute Gasteiger partial charge is 0.313 e. The van der Waals surface area contributed by atoms with Crippen molar-refractivity contribution in [2.24, 2.45) is 16.6 Å². The summed E-state index contributed by atoms with van der Waals surface area (Å²) in [5.41, 5.74) is 6.33. The molecule has 2 heterocycles. The van der Waals surface area contributed by atoms with Crippen molar-refractivity contribution in [2.45, 2.75) is 25.8 Å². The highest BCUT2D eigenvalue weighted by Gasteiger charge is 2.34. The molecule has 1 aliphatic heterocycles. The normalized spacial score (nSPS) is 19.7. The Morgan fingerprint density at radius 1 is 1.36 bits per heavy atom. The van der Waals surface area contributed by atoms with Crippen LogP contribution in [0.2, 0.25) is 0 Å². The number of carbonyl (C=O) groups is 3. The van der Waals surface area contributed by atoms with Crippen molar-refractivity contribution in [2.75, 3.05) is 18.9 Å². The maximum Gasteiger partial charge on any atom is 0.313 e. The summed E-state index contributed by atoms with van der Waals surface area (Å²) in [5, 5.41) is 2.49. The molecule has 0 bridgehead atoms. The molecule has 0 aromatic carbocycles. The third-order valence-corrected chi connectivity index (χ3v) is 4.53. The molecule has 3 N–H and O–H groups in total. The van der Waals surface area contributed by atoms with Gasteiger partial charge in [-0.05, 0) is 36.5 Å². The fraction of sp³-hybridized carbons (Fsp3) is 0.350. The number of nitrogens with zero attached hydrogens (tertiary/aromatic N) is 3. The summed E-state index contributed by atoms with van der Waals surface area (Å²) < 4.78 is 0. The molecule has 3 amide bonds. The number of aliphatic imine (C=N–C) groups is 1. The van der Waals surface area contributed by atoms with Gasteiger partial charge in [0.2, 0.25) is 5.91 Å². The zero-order chi connectivity index (χ0) is 20.7. The maximum atomic E-state index is 12.8. The predicted octanol–water partition coefficient (Wildman–Crippen LogP) is 1.56. The number of hydrogen-bond donors (Lipinski definition) is 2. The lowest BCUT2D eigenvalue weighted by atomic mass is 9.90. The number of primary amides is 1. The number of allylic oxidation sites excluding steroid dienone is 1. The van der Waals surface area contributed by atoms with Gasteiger partial charge >= 0.3 is 11.8 Å². The van der Waals surface area contributed by atoms with E-state index in [4.69, 9.17) is 5.73 Å². The standard InChI is InChI=1S/C20H25N5O3/c1-13-6-7-17(14(2)5-4-8-22-3)25(12-13)20(28)19(27)24-16-9-15(18(21)26)10-23-11-16/h4-5,8-11,13,17H,2,6-7,12H2,1,3H3,(H2,21,26)(H,24,27)/b5-4-,22-8?/t13-,17-/m0/s1. The molecule has 1 aliphatic rings. The molecule has 0 spiro atoms. The Labute approximate surface area is 164 Å². The SMILES string of the molecule is C=C(/C=C\C=NC)[C@@H]1CC[C@H](C)CN1C(=O)C(=O)Nc1cncc(C(N)=O)c1. The van der Waals surface area contributed by atoms with Crippen molar-refractivity contribution < 1.29 is 14.4 Å². The highest BCUT2D eigenvalue weighted by Crippen LogP contribution is 2.26. The average molecular weight is 383 g/mol. The zero-order valence-electron chi connectivity index (χ0n) is 16.1. The van der Waals surface area contributed by atoms with Crippen LogP contribution in [0.4, 0.5) is 5.69 Å². The molecule has 0 radical (unpaired) electrons. The van der Waals surface area contributed by atoms with Gasteiger partial charge in [0.1, 0.15) is 0 Å². The number of anilines is 1. The summed E-state index contributed by atoms with van der Waals surface area (Å²) in [6.07, 6.45) is 9.49. The van der Waals surface area contributed by atoms with E-state index in [0.29, 0.717) is 6.54 Å². The largest absolute Gasteiger partial charge is 0.366 e. The van der Waals surface area contributed by atoms with Gasteiger partial charge in [-0.1, -0.05) is 19.6 Å². The Balaban J connectivity index is 2.15. The van der Waals surface area contributed by atoms with Gasteiger partial charge in [-0.2, -0.15) is 0 Å². The van der Waals surface area contributed by atoms with Crippen LogP contribution in [0.15, 0.2) is 47.8 Å². The van der Waals surface area contributed by atoms with E-state index in [9.17, 15) is 14.4 Å². The molecule has 0 saturated carbocycles. The van der Waals surface area contributed by atoms with E-state index in [0.717, 1.165) is 18.4 Å². The molecule has 2 rings (SSSR count). The molecule has 148 valence electrons. The summed E-state index contributed by atoms with van der Waals surface area (Å²) in [4.78, 5) is 45.9. The molecule has 28 heavy (non-hydrogen) atoms. The molecule has 1 fully saturated rings. The average Bonchev–Trinajstić information content (AvgIpc) is 2.67. The van der Waals surface area contributed by atoms with Crippen molar-refractivity contribution in [1.29, 1.82) is 0 Å². The quantitative estimate of drug-likeness (QED) is 0.456. The first-order valence-electron chi connectivity index (χ1n) is 8.98. The second-order valence-electron chi connectivity index (χ2n) is 6.78. The van der Waals surface area contributed by atoms with E-state index >= 15 is 0 Å². The molecule has 0 aliphatic carbocycles. The zero-order valence-corrected chi connectivity index (χ0v) is 16.1. The number of hydrogen-bond acceptors (Lipinski definition) is 5. The third kappa shape index (κ3) is 5.35. The Morgan fingerprint density at radius 2 is 2.11 bits per heavy atom. The molecule has 8 heteroatoms. The number of piperidine rings is 1. The fourth-order valence-electron chi connectivity index (χ4n) is 3.08. The lowest BCUT2D eigenvalue weighted by Gasteiger charge is -2.38. The van der Waals surface area contributed by atoms with Gasteiger partial charge in [-0.3, -0.25) is 24.4 Å². The van der Waals surface area contributed by atoms with Crippen LogP contribution in [-0.2, 0) is 9.59 Å². The van der Waals surface area contributed by atoms with Gasteiger partial charge in [0.15, 0.2) is 0 Å². The van der Waals surface area contributed by atoms with E-state index in [1.54, 1.807) is 30.3 Å². The maximum absolute atomic E-state index is 12.8. The minimum atomic E-state index is -0.797. The fourth-order valence-corrected chi connectivity index (χ4v) is 3.08. The van der Waals surface area contributed by atoms with Crippen molar-refractivity contribution in [3.05, 3.63) is 48.3 Å². The van der Waals surface area contributed by atoms with Gasteiger partial charge in [0, 0.05) is 26.0 Å².